The standard InChI is InChI=1S/C61H97N5O16/c1-17-47-61(11,74)54(75-15)40(7)63(14)34-36(3)32-59(9,73)53(82-58-51(69)46(62(12)13)30-37(4)77-58)38(5)52(39(6)57(72)79-47)81-49-33-60(10,76-16)55(41(8)78-49)80-48(67)23-25-65-28-26-64(27-29-65)24-19-20-42-21-22-45-43(31-42)50(68)44(56(70)71)35-66(45)18-2/h21-22,31,35-41,46-47,49,51-55,58,69,73-74H,17-18,23-30,32-34H2,1-16H3,(H,70,71)/t36-,37-,38+,39-,40-,41+,46+,47-,49+,51-,52+,53-,54-,55+,58+,59-,60-,61-/m1/s1. The molecule has 21 nitrogen and oxygen atoms in total. The highest BCUT2D eigenvalue weighted by Crippen LogP contribution is 2.41. The van der Waals surface area contributed by atoms with E-state index in [9.17, 15) is 39.6 Å². The number of methoxy groups -OCH3 is 2. The zero-order chi connectivity index (χ0) is 60.8. The smallest absolute Gasteiger partial charge is 0.341 e. The molecule has 0 radical (unpaired) electrons. The summed E-state index contributed by atoms with van der Waals surface area (Å²) in [6, 6.07) is 4.62. The van der Waals surface area contributed by atoms with Gasteiger partial charge in [-0.3, -0.25) is 19.3 Å². The first-order valence-corrected chi connectivity index (χ1v) is 29.4. The SMILES string of the molecule is CC[C@H]1OC(=O)[C@H](C)[C@@H](O[C@H]2C[C@@](C)(OC)[C@@H](OC(=O)CCN3CCN(CC#Cc4ccc5c(c4)c(=O)c(C(=O)O)cn5CC)CC3)[C@H](C)O2)[C@H](C)[C@@H](O[C@@H]2O[C@H](C)C[C@H](N(C)C)[C@H]2O)[C@](C)(O)C[C@@H](C)CN(C)[C@H](C)[C@@H](OC)[C@]1(C)O. The van der Waals surface area contributed by atoms with Crippen LogP contribution in [0.2, 0.25) is 0 Å². The Morgan fingerprint density at radius 3 is 2.18 bits per heavy atom. The molecular formula is C61H97N5O16. The predicted octanol–water partition coefficient (Wildman–Crippen LogP) is 4.20. The van der Waals surface area contributed by atoms with Gasteiger partial charge in [0.15, 0.2) is 18.7 Å². The predicted molar refractivity (Wildman–Crippen MR) is 308 cm³/mol. The second kappa shape index (κ2) is 28.4. The maximum Gasteiger partial charge on any atom is 0.341 e. The number of hydrogen-bond donors (Lipinski definition) is 4. The number of likely N-dealkylation sites (N-methyl/N-ethyl adjacent to an activating group) is 2. The number of carboxylic acids is 1. The molecule has 18 atom stereocenters. The third-order valence-corrected chi connectivity index (χ3v) is 17.9. The van der Waals surface area contributed by atoms with Crippen LogP contribution < -0.4 is 5.43 Å². The largest absolute Gasteiger partial charge is 0.477 e. The van der Waals surface area contributed by atoms with Gasteiger partial charge >= 0.3 is 17.9 Å². The van der Waals surface area contributed by atoms with E-state index in [2.05, 4.69) is 26.5 Å². The van der Waals surface area contributed by atoms with E-state index in [-0.39, 0.29) is 55.4 Å². The number of aromatic carboxylic acids is 1. The van der Waals surface area contributed by atoms with Crippen molar-refractivity contribution < 1.29 is 72.7 Å². The van der Waals surface area contributed by atoms with Gasteiger partial charge in [0.25, 0.3) is 0 Å². The minimum absolute atomic E-state index is 0.0736. The zero-order valence-electron chi connectivity index (χ0n) is 51.6. The zero-order valence-corrected chi connectivity index (χ0v) is 51.6. The highest BCUT2D eigenvalue weighted by Gasteiger charge is 2.54. The molecule has 2 aromatic rings. The fraction of sp³-hybridized carbons (Fsp3) is 0.770. The van der Waals surface area contributed by atoms with Crippen LogP contribution in [-0.2, 0) is 54.0 Å². The van der Waals surface area contributed by atoms with Crippen molar-refractivity contribution in [2.24, 2.45) is 17.8 Å². The maximum absolute atomic E-state index is 14.8. The van der Waals surface area contributed by atoms with Crippen molar-refractivity contribution >= 4 is 28.8 Å². The van der Waals surface area contributed by atoms with Gasteiger partial charge in [-0.2, -0.15) is 0 Å². The van der Waals surface area contributed by atoms with Gasteiger partial charge in [-0.05, 0) is 120 Å². The molecule has 1 aromatic carbocycles. The monoisotopic (exact) mass is 1160 g/mol. The average Bonchev–Trinajstić information content (AvgIpc) is 3.58. The van der Waals surface area contributed by atoms with Gasteiger partial charge in [-0.15, -0.1) is 0 Å². The number of carbonyl (C=O) groups excluding carboxylic acids is 2. The summed E-state index contributed by atoms with van der Waals surface area (Å²) in [5.41, 5.74) is -3.90. The van der Waals surface area contributed by atoms with Crippen LogP contribution >= 0.6 is 0 Å². The van der Waals surface area contributed by atoms with Gasteiger partial charge in [-0.25, -0.2) is 4.79 Å². The lowest BCUT2D eigenvalue weighted by Crippen LogP contribution is -2.61. The van der Waals surface area contributed by atoms with E-state index in [4.69, 9.17) is 37.9 Å². The number of carboxylic acid groups (broad SMARTS) is 1. The first-order valence-electron chi connectivity index (χ1n) is 29.4. The van der Waals surface area contributed by atoms with E-state index in [1.165, 1.54) is 20.4 Å². The number of aliphatic hydroxyl groups is 3. The maximum atomic E-state index is 14.8. The molecule has 4 fully saturated rings. The molecule has 5 heterocycles. The summed E-state index contributed by atoms with van der Waals surface area (Å²) in [4.78, 5) is 61.6. The number of esters is 2. The summed E-state index contributed by atoms with van der Waals surface area (Å²) in [7, 11) is 8.77. The van der Waals surface area contributed by atoms with Crippen molar-refractivity contribution in [3.63, 3.8) is 0 Å². The average molecular weight is 1160 g/mol. The molecule has 0 unspecified atom stereocenters. The van der Waals surface area contributed by atoms with E-state index in [0.717, 1.165) is 13.1 Å². The number of aromatic nitrogens is 1. The van der Waals surface area contributed by atoms with Gasteiger partial charge in [0, 0.05) is 102 Å². The lowest BCUT2D eigenvalue weighted by Gasteiger charge is -2.49. The quantitative estimate of drug-likeness (QED) is 0.144. The molecule has 4 saturated heterocycles. The number of aryl methyl sites for hydroxylation is 1. The van der Waals surface area contributed by atoms with Crippen LogP contribution in [0.4, 0.5) is 0 Å². The van der Waals surface area contributed by atoms with Crippen LogP contribution in [0.15, 0.2) is 29.2 Å². The second-order valence-corrected chi connectivity index (χ2v) is 24.7. The summed E-state index contributed by atoms with van der Waals surface area (Å²) in [6.07, 6.45) is -6.50. The minimum Gasteiger partial charge on any atom is -0.477 e. The molecule has 0 aliphatic carbocycles. The highest BCUT2D eigenvalue weighted by molar-refractivity contribution is 5.93. The number of piperazine rings is 1. The molecule has 4 N–H and O–H groups in total. The molecule has 462 valence electrons. The van der Waals surface area contributed by atoms with Gasteiger partial charge in [0.05, 0.1) is 54.4 Å². The number of cyclic esters (lactones) is 1. The van der Waals surface area contributed by atoms with Gasteiger partial charge in [0.1, 0.15) is 35.1 Å². The number of carbonyl (C=O) groups is 3. The molecule has 0 amide bonds. The number of pyridine rings is 1. The number of benzene rings is 1. The van der Waals surface area contributed by atoms with Crippen molar-refractivity contribution in [3.8, 4) is 11.8 Å². The number of aliphatic hydroxyl groups excluding tert-OH is 1. The first kappa shape index (κ1) is 67.0. The Bertz CT molecular complexity index is 2600. The molecular weight excluding hydrogens is 1060 g/mol. The van der Waals surface area contributed by atoms with Crippen molar-refractivity contribution in [2.75, 3.05) is 81.2 Å². The van der Waals surface area contributed by atoms with E-state index < -0.39 is 107 Å². The summed E-state index contributed by atoms with van der Waals surface area (Å²) in [6.45, 7) is 24.9. The summed E-state index contributed by atoms with van der Waals surface area (Å²) in [5, 5.41) is 46.9. The number of ether oxygens (including phenoxy) is 8. The van der Waals surface area contributed by atoms with Crippen LogP contribution in [0, 0.1) is 29.6 Å². The first-order chi connectivity index (χ1) is 38.5. The second-order valence-electron chi connectivity index (χ2n) is 24.7. The van der Waals surface area contributed by atoms with Gasteiger partial charge in [-0.1, -0.05) is 32.6 Å². The number of fused-ring (bicyclic) bond motifs is 1. The van der Waals surface area contributed by atoms with E-state index in [1.54, 1.807) is 44.4 Å². The van der Waals surface area contributed by atoms with E-state index in [0.29, 0.717) is 62.2 Å². The molecule has 1 aromatic heterocycles. The molecule has 82 heavy (non-hydrogen) atoms. The number of rotatable bonds is 15. The highest BCUT2D eigenvalue weighted by atomic mass is 16.7. The van der Waals surface area contributed by atoms with Crippen LogP contribution in [0.5, 0.6) is 0 Å². The molecule has 4 aliphatic heterocycles. The number of nitrogens with zero attached hydrogens (tertiary/aromatic N) is 5. The Morgan fingerprint density at radius 2 is 1.57 bits per heavy atom. The van der Waals surface area contributed by atoms with Crippen LogP contribution in [0.25, 0.3) is 10.9 Å². The Morgan fingerprint density at radius 1 is 0.902 bits per heavy atom. The van der Waals surface area contributed by atoms with Crippen molar-refractivity contribution in [1.82, 2.24) is 24.2 Å². The van der Waals surface area contributed by atoms with Crippen LogP contribution in [0.1, 0.15) is 124 Å². The third kappa shape index (κ3) is 15.7. The molecule has 0 bridgehead atoms. The number of hydrogen-bond acceptors (Lipinski definition) is 19. The van der Waals surface area contributed by atoms with Crippen LogP contribution in [0.3, 0.4) is 0 Å². The van der Waals surface area contributed by atoms with Crippen LogP contribution in [-0.4, -0.2) is 234 Å². The molecule has 0 saturated carbocycles. The Labute approximate surface area is 485 Å². The lowest BCUT2D eigenvalue weighted by molar-refractivity contribution is -0.318. The molecule has 0 spiro atoms. The Balaban J connectivity index is 1.16. The Kier molecular flexibility index (Phi) is 23.2. The summed E-state index contributed by atoms with van der Waals surface area (Å²) >= 11 is 0. The summed E-state index contributed by atoms with van der Waals surface area (Å²) < 4.78 is 53.2. The summed E-state index contributed by atoms with van der Waals surface area (Å²) in [5.74, 6) is 1.98. The van der Waals surface area contributed by atoms with Crippen molar-refractivity contribution in [2.45, 2.75) is 205 Å². The van der Waals surface area contributed by atoms with Crippen molar-refractivity contribution in [1.29, 1.82) is 0 Å². The fourth-order valence-corrected chi connectivity index (χ4v) is 13.1. The van der Waals surface area contributed by atoms with Gasteiger partial charge < -0.3 is 77.6 Å². The molecule has 6 rings (SSSR count). The van der Waals surface area contributed by atoms with E-state index >= 15 is 0 Å². The molecule has 21 heteroatoms. The molecule has 4 aliphatic rings. The third-order valence-electron chi connectivity index (χ3n) is 17.9. The van der Waals surface area contributed by atoms with Gasteiger partial charge in [0.2, 0.25) is 5.43 Å². The normalized spacial score (nSPS) is 37.1. The Hall–Kier alpha value is -4.12. The topological polar surface area (TPSA) is 241 Å². The van der Waals surface area contributed by atoms with Crippen molar-refractivity contribution in [3.05, 3.63) is 45.7 Å². The fourth-order valence-electron chi connectivity index (χ4n) is 13.1. The lowest BCUT2D eigenvalue weighted by atomic mass is 9.77. The minimum atomic E-state index is -1.63. The van der Waals surface area contributed by atoms with E-state index in [1.807, 2.05) is 80.6 Å².